The molecule has 4 N–H and O–H groups in total. The molecule has 1 aliphatic rings. The Morgan fingerprint density at radius 1 is 0.738 bits per heavy atom. The zero-order chi connectivity index (χ0) is 29.7. The number of halogens is 2. The molecule has 10 nitrogen and oxygen atoms in total. The van der Waals surface area contributed by atoms with Gasteiger partial charge in [0, 0.05) is 37.8 Å². The summed E-state index contributed by atoms with van der Waals surface area (Å²) >= 11 is 12.2. The van der Waals surface area contributed by atoms with Crippen molar-refractivity contribution in [3.8, 4) is 11.3 Å². The Hall–Kier alpha value is -5.32. The van der Waals surface area contributed by atoms with Gasteiger partial charge in [-0.3, -0.25) is 9.59 Å². The number of aromatic nitrogens is 2. The van der Waals surface area contributed by atoms with Crippen LogP contribution in [0.25, 0.3) is 22.2 Å². The Morgan fingerprint density at radius 2 is 1.38 bits per heavy atom. The number of nitrogens with one attached hydrogen (secondary N) is 2. The van der Waals surface area contributed by atoms with Crippen molar-refractivity contribution in [3.63, 3.8) is 0 Å². The van der Waals surface area contributed by atoms with Crippen molar-refractivity contribution in [2.45, 2.75) is 0 Å². The monoisotopic (exact) mass is 598 g/mol. The lowest BCUT2D eigenvalue weighted by atomic mass is 9.85. The van der Waals surface area contributed by atoms with Crippen LogP contribution < -0.4 is 10.6 Å². The molecule has 0 saturated heterocycles. The Bertz CT molecular complexity index is 1980. The molecule has 1 aromatic heterocycles. The van der Waals surface area contributed by atoms with Crippen molar-refractivity contribution in [2.75, 3.05) is 10.6 Å². The van der Waals surface area contributed by atoms with E-state index in [1.807, 2.05) is 0 Å². The van der Waals surface area contributed by atoms with Gasteiger partial charge >= 0.3 is 11.9 Å². The van der Waals surface area contributed by atoms with E-state index in [4.69, 9.17) is 23.2 Å². The van der Waals surface area contributed by atoms with Gasteiger partial charge in [-0.15, -0.1) is 0 Å². The number of rotatable bonds is 6. The number of hydrogen-bond donors (Lipinski definition) is 4. The summed E-state index contributed by atoms with van der Waals surface area (Å²) < 4.78 is 0. The lowest BCUT2D eigenvalue weighted by Gasteiger charge is -2.23. The van der Waals surface area contributed by atoms with Crippen molar-refractivity contribution in [1.29, 1.82) is 0 Å². The molecule has 0 fully saturated rings. The largest absolute Gasteiger partial charge is 0.478 e. The molecule has 206 valence electrons. The normalized spacial score (nSPS) is 11.6. The number of aromatic carboxylic acids is 2. The molecule has 0 spiro atoms. The first-order valence-corrected chi connectivity index (χ1v) is 13.0. The third kappa shape index (κ3) is 4.68. The number of carbonyl (C=O) groups excluding carboxylic acids is 2. The molecule has 0 bridgehead atoms. The first-order chi connectivity index (χ1) is 20.1. The molecule has 0 saturated carbocycles. The van der Waals surface area contributed by atoms with E-state index >= 15 is 0 Å². The average molecular weight is 599 g/mol. The van der Waals surface area contributed by atoms with Gasteiger partial charge in [-0.05, 0) is 42.5 Å². The summed E-state index contributed by atoms with van der Waals surface area (Å²) in [6.45, 7) is 0. The van der Waals surface area contributed by atoms with Gasteiger partial charge < -0.3 is 20.8 Å². The van der Waals surface area contributed by atoms with E-state index in [1.54, 1.807) is 24.3 Å². The molecule has 4 aromatic carbocycles. The highest BCUT2D eigenvalue weighted by Gasteiger charge is 2.31. The number of fused-ring (bicyclic) bond motifs is 2. The predicted octanol–water partition coefficient (Wildman–Crippen LogP) is 6.54. The fourth-order valence-electron chi connectivity index (χ4n) is 4.88. The third-order valence-electron chi connectivity index (χ3n) is 6.64. The summed E-state index contributed by atoms with van der Waals surface area (Å²) in [7, 11) is 0. The molecule has 12 heteroatoms. The van der Waals surface area contributed by atoms with E-state index < -0.39 is 17.8 Å². The molecule has 0 atom stereocenters. The van der Waals surface area contributed by atoms with Crippen LogP contribution in [0.5, 0.6) is 0 Å². The minimum atomic E-state index is -1.32. The first kappa shape index (κ1) is 26.9. The number of amides is 1. The summed E-state index contributed by atoms with van der Waals surface area (Å²) in [5, 5.41) is 25.7. The van der Waals surface area contributed by atoms with Gasteiger partial charge in [0.15, 0.2) is 5.78 Å². The quantitative estimate of drug-likeness (QED) is 0.167. The molecule has 0 unspecified atom stereocenters. The molecule has 6 rings (SSSR count). The van der Waals surface area contributed by atoms with Crippen LogP contribution in [-0.2, 0) is 0 Å². The SMILES string of the molecule is O=C(O)c1cc(Nc2cc(NC(=O)c3cc(Cl)cc(Cl)c3)c3c4c(ncnc24)-c2ccccc2C3=O)cc(C(=O)O)c1. The van der Waals surface area contributed by atoms with Gasteiger partial charge in [-0.1, -0.05) is 47.5 Å². The second kappa shape index (κ2) is 10.3. The van der Waals surface area contributed by atoms with E-state index in [0.29, 0.717) is 27.7 Å². The number of carbonyl (C=O) groups is 4. The maximum atomic E-state index is 13.9. The fraction of sp³-hybridized carbons (Fsp3) is 0. The molecule has 0 aliphatic heterocycles. The Morgan fingerprint density at radius 3 is 2.02 bits per heavy atom. The Kier molecular flexibility index (Phi) is 6.56. The van der Waals surface area contributed by atoms with Crippen molar-refractivity contribution in [2.24, 2.45) is 0 Å². The average Bonchev–Trinajstić information content (AvgIpc) is 2.95. The van der Waals surface area contributed by atoms with E-state index in [9.17, 15) is 29.4 Å². The number of hydrogen-bond acceptors (Lipinski definition) is 7. The van der Waals surface area contributed by atoms with Crippen LogP contribution in [0.1, 0.15) is 47.0 Å². The summed E-state index contributed by atoms with van der Waals surface area (Å²) in [6.07, 6.45) is 1.32. The van der Waals surface area contributed by atoms with Gasteiger partial charge in [0.2, 0.25) is 0 Å². The minimum Gasteiger partial charge on any atom is -0.478 e. The van der Waals surface area contributed by atoms with Gasteiger partial charge in [-0.2, -0.15) is 0 Å². The lowest BCUT2D eigenvalue weighted by molar-refractivity contribution is 0.0696. The van der Waals surface area contributed by atoms with Crippen molar-refractivity contribution >= 4 is 74.8 Å². The standard InChI is InChI=1S/C30H16Cl2N4O6/c31-16-6-13(7-17(32)10-16)28(38)36-21-11-22(35-18-8-14(29(39)40)5-15(9-18)30(41)42)26-24-23(21)27(37)20-4-2-1-3-19(20)25(24)33-12-34-26/h1-12,35H,(H,36,38)(H,39,40)(H,41,42). The topological polar surface area (TPSA) is 159 Å². The molecule has 0 radical (unpaired) electrons. The summed E-state index contributed by atoms with van der Waals surface area (Å²) in [4.78, 5) is 59.4. The number of benzene rings is 4. The predicted molar refractivity (Wildman–Crippen MR) is 156 cm³/mol. The van der Waals surface area contributed by atoms with Crippen LogP contribution in [0, 0.1) is 0 Å². The Balaban J connectivity index is 1.58. The fourth-order valence-corrected chi connectivity index (χ4v) is 5.41. The summed E-state index contributed by atoms with van der Waals surface area (Å²) in [5.41, 5.74) is 1.95. The number of anilines is 3. The van der Waals surface area contributed by atoms with Crippen molar-refractivity contribution in [1.82, 2.24) is 9.97 Å². The summed E-state index contributed by atoms with van der Waals surface area (Å²) in [6, 6.07) is 16.2. The first-order valence-electron chi connectivity index (χ1n) is 12.2. The Labute approximate surface area is 246 Å². The lowest BCUT2D eigenvalue weighted by Crippen LogP contribution is -2.19. The van der Waals surface area contributed by atoms with E-state index in [-0.39, 0.29) is 55.1 Å². The minimum absolute atomic E-state index is 0.106. The maximum Gasteiger partial charge on any atom is 0.335 e. The second-order valence-corrected chi connectivity index (χ2v) is 10.2. The molecular weight excluding hydrogens is 583 g/mol. The highest BCUT2D eigenvalue weighted by atomic mass is 35.5. The van der Waals surface area contributed by atoms with Gasteiger partial charge in [0.25, 0.3) is 5.91 Å². The van der Waals surface area contributed by atoms with Crippen LogP contribution in [0.15, 0.2) is 73.1 Å². The van der Waals surface area contributed by atoms with Gasteiger partial charge in [-0.25, -0.2) is 19.6 Å². The van der Waals surface area contributed by atoms with Crippen LogP contribution in [0.4, 0.5) is 17.1 Å². The van der Waals surface area contributed by atoms with Gasteiger partial charge in [0.05, 0.1) is 39.3 Å². The van der Waals surface area contributed by atoms with E-state index in [2.05, 4.69) is 20.6 Å². The van der Waals surface area contributed by atoms with Crippen LogP contribution in [-0.4, -0.2) is 43.8 Å². The van der Waals surface area contributed by atoms with Crippen LogP contribution >= 0.6 is 23.2 Å². The van der Waals surface area contributed by atoms with Crippen molar-refractivity contribution < 1.29 is 29.4 Å². The highest BCUT2D eigenvalue weighted by Crippen LogP contribution is 2.44. The summed E-state index contributed by atoms with van der Waals surface area (Å²) in [5.74, 6) is -3.62. The zero-order valence-electron chi connectivity index (χ0n) is 21.1. The highest BCUT2D eigenvalue weighted by molar-refractivity contribution is 6.35. The smallest absolute Gasteiger partial charge is 0.335 e. The maximum absolute atomic E-state index is 13.9. The van der Waals surface area contributed by atoms with E-state index in [0.717, 1.165) is 6.07 Å². The number of carboxylic acid groups (broad SMARTS) is 2. The molecule has 5 aromatic rings. The van der Waals surface area contributed by atoms with E-state index in [1.165, 1.54) is 42.7 Å². The molecule has 42 heavy (non-hydrogen) atoms. The molecule has 1 heterocycles. The van der Waals surface area contributed by atoms with Crippen LogP contribution in [0.3, 0.4) is 0 Å². The number of ketones is 1. The van der Waals surface area contributed by atoms with Gasteiger partial charge in [0.1, 0.15) is 6.33 Å². The number of nitrogens with zero attached hydrogens (tertiary/aromatic N) is 2. The van der Waals surface area contributed by atoms with Crippen LogP contribution in [0.2, 0.25) is 10.0 Å². The molecule has 1 aliphatic carbocycles. The number of carboxylic acids is 2. The third-order valence-corrected chi connectivity index (χ3v) is 7.08. The van der Waals surface area contributed by atoms with Crippen molar-refractivity contribution in [3.05, 3.63) is 111 Å². The second-order valence-electron chi connectivity index (χ2n) is 9.31. The molecular formula is C30H16Cl2N4O6. The molecule has 1 amide bonds. The zero-order valence-corrected chi connectivity index (χ0v) is 22.6.